The molecule has 0 bridgehead atoms. The van der Waals surface area contributed by atoms with E-state index in [1.165, 1.54) is 14.2 Å². The van der Waals surface area contributed by atoms with Crippen molar-refractivity contribution in [3.63, 3.8) is 0 Å². The SMILES string of the molecule is COCC(Br)CN(C)S(=O)(=O)c1c(F)cc(F)cc1F. The zero-order valence-corrected chi connectivity index (χ0v) is 13.1. The van der Waals surface area contributed by atoms with Crippen molar-refractivity contribution >= 4 is 26.0 Å². The molecule has 114 valence electrons. The Kier molecular flexibility index (Phi) is 5.99. The second kappa shape index (κ2) is 6.88. The molecule has 1 rings (SSSR count). The quantitative estimate of drug-likeness (QED) is 0.715. The van der Waals surface area contributed by atoms with Gasteiger partial charge in [-0.2, -0.15) is 4.31 Å². The molecule has 0 aliphatic carbocycles. The summed E-state index contributed by atoms with van der Waals surface area (Å²) in [6, 6.07) is 0.648. The lowest BCUT2D eigenvalue weighted by Crippen LogP contribution is -2.34. The number of benzene rings is 1. The van der Waals surface area contributed by atoms with Gasteiger partial charge in [0.25, 0.3) is 0 Å². The Bertz CT molecular complexity index is 559. The molecule has 0 aliphatic rings. The molecule has 20 heavy (non-hydrogen) atoms. The van der Waals surface area contributed by atoms with E-state index < -0.39 is 32.4 Å². The molecule has 0 fully saturated rings. The highest BCUT2D eigenvalue weighted by atomic mass is 79.9. The van der Waals surface area contributed by atoms with Crippen LogP contribution in [-0.2, 0) is 14.8 Å². The summed E-state index contributed by atoms with van der Waals surface area (Å²) in [6.45, 7) is 0.153. The van der Waals surface area contributed by atoms with Gasteiger partial charge in [0.15, 0.2) is 4.90 Å². The Morgan fingerprint density at radius 3 is 2.25 bits per heavy atom. The number of sulfonamides is 1. The summed E-state index contributed by atoms with van der Waals surface area (Å²) in [5.41, 5.74) is 0. The number of alkyl halides is 1. The predicted molar refractivity (Wildman–Crippen MR) is 70.7 cm³/mol. The lowest BCUT2D eigenvalue weighted by molar-refractivity contribution is 0.195. The van der Waals surface area contributed by atoms with Crippen LogP contribution < -0.4 is 0 Å². The Morgan fingerprint density at radius 2 is 1.80 bits per heavy atom. The van der Waals surface area contributed by atoms with Crippen molar-refractivity contribution in [1.29, 1.82) is 0 Å². The van der Waals surface area contributed by atoms with E-state index in [2.05, 4.69) is 15.9 Å². The van der Waals surface area contributed by atoms with Crippen LogP contribution in [-0.4, -0.2) is 44.9 Å². The normalized spacial score (nSPS) is 13.8. The summed E-state index contributed by atoms with van der Waals surface area (Å²) in [4.78, 5) is -1.52. The van der Waals surface area contributed by atoms with Gasteiger partial charge >= 0.3 is 0 Å². The molecule has 0 aliphatic heterocycles. The number of nitrogens with zero attached hydrogens (tertiary/aromatic N) is 1. The lowest BCUT2D eigenvalue weighted by Gasteiger charge is -2.20. The van der Waals surface area contributed by atoms with Crippen LogP contribution in [0.5, 0.6) is 0 Å². The average molecular weight is 376 g/mol. The summed E-state index contributed by atoms with van der Waals surface area (Å²) in [7, 11) is -1.80. The topological polar surface area (TPSA) is 46.6 Å². The van der Waals surface area contributed by atoms with Crippen molar-refractivity contribution in [2.45, 2.75) is 9.72 Å². The minimum atomic E-state index is -4.40. The minimum absolute atomic E-state index is 0.0631. The van der Waals surface area contributed by atoms with Crippen molar-refractivity contribution < 1.29 is 26.3 Å². The standard InChI is InChI=1S/C11H13BrF3NO3S/c1-16(5-7(12)6-19-2)20(17,18)11-9(14)3-8(13)4-10(11)15/h3-4,7H,5-6H2,1-2H3. The molecular weight excluding hydrogens is 363 g/mol. The van der Waals surface area contributed by atoms with Crippen LogP contribution in [0.25, 0.3) is 0 Å². The number of rotatable bonds is 6. The highest BCUT2D eigenvalue weighted by Crippen LogP contribution is 2.23. The van der Waals surface area contributed by atoms with Crippen LogP contribution in [0.15, 0.2) is 17.0 Å². The molecule has 1 aromatic carbocycles. The molecule has 0 heterocycles. The van der Waals surface area contributed by atoms with Crippen LogP contribution in [0.3, 0.4) is 0 Å². The van der Waals surface area contributed by atoms with Crippen molar-refractivity contribution in [2.75, 3.05) is 27.3 Å². The average Bonchev–Trinajstić information content (AvgIpc) is 2.26. The van der Waals surface area contributed by atoms with Gasteiger partial charge in [-0.25, -0.2) is 21.6 Å². The maximum absolute atomic E-state index is 13.5. The summed E-state index contributed by atoms with van der Waals surface area (Å²) >= 11 is 3.17. The molecule has 0 saturated heterocycles. The van der Waals surface area contributed by atoms with Crippen LogP contribution >= 0.6 is 15.9 Å². The molecule has 1 unspecified atom stereocenters. The molecule has 0 amide bonds. The molecule has 1 atom stereocenters. The number of methoxy groups -OCH3 is 1. The fourth-order valence-electron chi connectivity index (χ4n) is 1.54. The molecule has 0 saturated carbocycles. The van der Waals surface area contributed by atoms with Gasteiger partial charge in [0, 0.05) is 32.8 Å². The van der Waals surface area contributed by atoms with Crippen molar-refractivity contribution in [3.05, 3.63) is 29.6 Å². The van der Waals surface area contributed by atoms with E-state index >= 15 is 0 Å². The fraction of sp³-hybridized carbons (Fsp3) is 0.455. The Balaban J connectivity index is 3.11. The summed E-state index contributed by atoms with van der Waals surface area (Å²) in [6.07, 6.45) is 0. The van der Waals surface area contributed by atoms with Crippen molar-refractivity contribution in [1.82, 2.24) is 4.31 Å². The first-order chi connectivity index (χ1) is 9.20. The maximum Gasteiger partial charge on any atom is 0.248 e. The third-order valence-corrected chi connectivity index (χ3v) is 4.86. The summed E-state index contributed by atoms with van der Waals surface area (Å²) in [5, 5.41) is 0. The Hall–Kier alpha value is -0.640. The van der Waals surface area contributed by atoms with Crippen LogP contribution in [0.1, 0.15) is 0 Å². The smallest absolute Gasteiger partial charge is 0.248 e. The van der Waals surface area contributed by atoms with Gasteiger partial charge in [-0.1, -0.05) is 15.9 Å². The molecule has 0 aromatic heterocycles. The Morgan fingerprint density at radius 1 is 1.30 bits per heavy atom. The maximum atomic E-state index is 13.5. The van der Waals surface area contributed by atoms with Crippen molar-refractivity contribution in [3.8, 4) is 0 Å². The van der Waals surface area contributed by atoms with Crippen LogP contribution in [0.2, 0.25) is 0 Å². The second-order valence-electron chi connectivity index (χ2n) is 4.04. The first-order valence-electron chi connectivity index (χ1n) is 5.44. The third-order valence-electron chi connectivity index (χ3n) is 2.43. The highest BCUT2D eigenvalue weighted by Gasteiger charge is 2.30. The van der Waals surface area contributed by atoms with E-state index in [1.54, 1.807) is 0 Å². The Labute approximate surface area is 123 Å². The van der Waals surface area contributed by atoms with Gasteiger partial charge in [-0.15, -0.1) is 0 Å². The van der Waals surface area contributed by atoms with Gasteiger partial charge in [0.2, 0.25) is 10.0 Å². The van der Waals surface area contributed by atoms with E-state index in [1.807, 2.05) is 0 Å². The molecular formula is C11H13BrF3NO3S. The fourth-order valence-corrected chi connectivity index (χ4v) is 3.73. The van der Waals surface area contributed by atoms with Crippen LogP contribution in [0, 0.1) is 17.5 Å². The minimum Gasteiger partial charge on any atom is -0.383 e. The van der Waals surface area contributed by atoms with Gasteiger partial charge in [0.1, 0.15) is 17.5 Å². The molecule has 0 N–H and O–H groups in total. The highest BCUT2D eigenvalue weighted by molar-refractivity contribution is 9.09. The van der Waals surface area contributed by atoms with Crippen LogP contribution in [0.4, 0.5) is 13.2 Å². The van der Waals surface area contributed by atoms with Crippen molar-refractivity contribution in [2.24, 2.45) is 0 Å². The van der Waals surface area contributed by atoms with E-state index in [0.717, 1.165) is 4.31 Å². The molecule has 9 heteroatoms. The van der Waals surface area contributed by atoms with Gasteiger partial charge < -0.3 is 4.74 Å². The van der Waals surface area contributed by atoms with E-state index in [9.17, 15) is 21.6 Å². The first-order valence-corrected chi connectivity index (χ1v) is 7.79. The molecule has 4 nitrogen and oxygen atoms in total. The predicted octanol–water partition coefficient (Wildman–Crippen LogP) is 2.13. The first kappa shape index (κ1) is 17.4. The summed E-state index contributed by atoms with van der Waals surface area (Å²) in [5.74, 6) is -4.11. The molecule has 0 radical (unpaired) electrons. The second-order valence-corrected chi connectivity index (χ2v) is 7.31. The monoisotopic (exact) mass is 375 g/mol. The van der Waals surface area contributed by atoms with E-state index in [4.69, 9.17) is 4.74 Å². The van der Waals surface area contributed by atoms with Gasteiger partial charge in [-0.3, -0.25) is 0 Å². The van der Waals surface area contributed by atoms with E-state index in [0.29, 0.717) is 12.1 Å². The lowest BCUT2D eigenvalue weighted by atomic mass is 10.3. The molecule has 1 aromatic rings. The number of halogens is 4. The van der Waals surface area contributed by atoms with Gasteiger partial charge in [-0.05, 0) is 0 Å². The number of hydrogen-bond acceptors (Lipinski definition) is 3. The van der Waals surface area contributed by atoms with E-state index in [-0.39, 0.29) is 18.0 Å². The number of hydrogen-bond donors (Lipinski definition) is 0. The number of ether oxygens (including phenoxy) is 1. The van der Waals surface area contributed by atoms with Gasteiger partial charge in [0.05, 0.1) is 11.4 Å². The molecule has 0 spiro atoms. The zero-order chi connectivity index (χ0) is 15.5. The summed E-state index contributed by atoms with van der Waals surface area (Å²) < 4.78 is 69.6. The zero-order valence-electron chi connectivity index (χ0n) is 10.7. The largest absolute Gasteiger partial charge is 0.383 e. The third kappa shape index (κ3) is 3.94.